The van der Waals surface area contributed by atoms with Crippen LogP contribution in [0.3, 0.4) is 0 Å². The van der Waals surface area contributed by atoms with Crippen molar-refractivity contribution in [3.05, 3.63) is 12.2 Å². The van der Waals surface area contributed by atoms with Crippen molar-refractivity contribution in [2.45, 2.75) is 25.7 Å². The van der Waals surface area contributed by atoms with Gasteiger partial charge in [-0.3, -0.25) is 0 Å². The Bertz CT molecular complexity index is 183. The Morgan fingerprint density at radius 3 is 3.09 bits per heavy atom. The zero-order valence-corrected chi connectivity index (χ0v) is 6.70. The summed E-state index contributed by atoms with van der Waals surface area (Å²) in [4.78, 5) is 10.7. The van der Waals surface area contributed by atoms with Gasteiger partial charge in [0.1, 0.15) is 6.29 Å². The fourth-order valence-corrected chi connectivity index (χ4v) is 2.53. The lowest BCUT2D eigenvalue weighted by atomic mass is 9.79. The van der Waals surface area contributed by atoms with Crippen LogP contribution in [-0.2, 0) is 4.79 Å². The predicted molar refractivity (Wildman–Crippen MR) is 44.1 cm³/mol. The van der Waals surface area contributed by atoms with E-state index < -0.39 is 0 Å². The summed E-state index contributed by atoms with van der Waals surface area (Å²) in [5.41, 5.74) is 0. The fourth-order valence-electron chi connectivity index (χ4n) is 2.53. The van der Waals surface area contributed by atoms with E-state index in [0.717, 1.165) is 18.6 Å². The second-order valence-electron chi connectivity index (χ2n) is 3.72. The minimum absolute atomic E-state index is 0.340. The minimum atomic E-state index is 0.340. The van der Waals surface area contributed by atoms with Crippen molar-refractivity contribution >= 4 is 6.29 Å². The van der Waals surface area contributed by atoms with E-state index in [4.69, 9.17) is 0 Å². The van der Waals surface area contributed by atoms with Gasteiger partial charge >= 0.3 is 0 Å². The molecule has 1 fully saturated rings. The van der Waals surface area contributed by atoms with Crippen molar-refractivity contribution in [1.29, 1.82) is 0 Å². The number of carbonyl (C=O) groups excluding carboxylic acids is 1. The van der Waals surface area contributed by atoms with Gasteiger partial charge in [-0.1, -0.05) is 18.6 Å². The molecule has 0 heterocycles. The molecule has 0 saturated heterocycles. The average Bonchev–Trinajstić information content (AvgIpc) is 2.50. The number of aldehydes is 1. The van der Waals surface area contributed by atoms with E-state index in [1.807, 2.05) is 0 Å². The Balaban J connectivity index is 2.15. The number of hydrogen-bond acceptors (Lipinski definition) is 1. The first kappa shape index (κ1) is 7.08. The summed E-state index contributed by atoms with van der Waals surface area (Å²) in [6.45, 7) is 0. The molecule has 0 bridgehead atoms. The zero-order chi connectivity index (χ0) is 7.68. The Morgan fingerprint density at radius 1 is 1.36 bits per heavy atom. The molecular weight excluding hydrogens is 136 g/mol. The third-order valence-electron chi connectivity index (χ3n) is 3.14. The van der Waals surface area contributed by atoms with Crippen LogP contribution in [-0.4, -0.2) is 6.29 Å². The van der Waals surface area contributed by atoms with E-state index in [-0.39, 0.29) is 0 Å². The Hall–Kier alpha value is -0.590. The van der Waals surface area contributed by atoms with Crippen molar-refractivity contribution in [3.8, 4) is 0 Å². The molecule has 0 aliphatic heterocycles. The van der Waals surface area contributed by atoms with Gasteiger partial charge in [-0.25, -0.2) is 0 Å². The maximum Gasteiger partial charge on any atom is 0.123 e. The van der Waals surface area contributed by atoms with E-state index in [1.165, 1.54) is 19.3 Å². The highest BCUT2D eigenvalue weighted by atomic mass is 16.1. The van der Waals surface area contributed by atoms with Crippen molar-refractivity contribution < 1.29 is 4.79 Å². The van der Waals surface area contributed by atoms with Gasteiger partial charge in [-0.15, -0.1) is 0 Å². The number of fused-ring (bicyclic) bond motifs is 1. The van der Waals surface area contributed by atoms with Gasteiger partial charge in [0.15, 0.2) is 0 Å². The van der Waals surface area contributed by atoms with Crippen LogP contribution in [0.4, 0.5) is 0 Å². The third kappa shape index (κ3) is 1.13. The summed E-state index contributed by atoms with van der Waals surface area (Å²) in [6, 6.07) is 0. The second-order valence-corrected chi connectivity index (χ2v) is 3.72. The number of carbonyl (C=O) groups is 1. The fraction of sp³-hybridized carbons (Fsp3) is 0.700. The highest BCUT2D eigenvalue weighted by Crippen LogP contribution is 2.41. The molecule has 0 aromatic carbocycles. The first-order valence-electron chi connectivity index (χ1n) is 4.54. The molecule has 11 heavy (non-hydrogen) atoms. The molecule has 0 aromatic heterocycles. The summed E-state index contributed by atoms with van der Waals surface area (Å²) < 4.78 is 0. The van der Waals surface area contributed by atoms with E-state index in [0.29, 0.717) is 11.8 Å². The molecule has 0 N–H and O–H groups in total. The van der Waals surface area contributed by atoms with Gasteiger partial charge in [-0.2, -0.15) is 0 Å². The number of hydrogen-bond donors (Lipinski definition) is 0. The molecule has 0 spiro atoms. The number of allylic oxidation sites excluding steroid dienone is 2. The summed E-state index contributed by atoms with van der Waals surface area (Å²) in [6.07, 6.45) is 10.6. The van der Waals surface area contributed by atoms with Gasteiger partial charge in [0.05, 0.1) is 0 Å². The first-order valence-corrected chi connectivity index (χ1v) is 4.54. The molecule has 2 aliphatic rings. The van der Waals surface area contributed by atoms with Crippen LogP contribution in [0.1, 0.15) is 25.7 Å². The Morgan fingerprint density at radius 2 is 2.27 bits per heavy atom. The maximum atomic E-state index is 10.7. The summed E-state index contributed by atoms with van der Waals surface area (Å²) in [7, 11) is 0. The van der Waals surface area contributed by atoms with Crippen LogP contribution in [0, 0.1) is 17.8 Å². The van der Waals surface area contributed by atoms with E-state index in [9.17, 15) is 4.79 Å². The maximum absolute atomic E-state index is 10.7. The molecule has 1 nitrogen and oxygen atoms in total. The lowest BCUT2D eigenvalue weighted by Crippen LogP contribution is -2.21. The molecule has 0 aromatic rings. The summed E-state index contributed by atoms with van der Waals surface area (Å²) in [5, 5.41) is 0. The zero-order valence-electron chi connectivity index (χ0n) is 6.70. The summed E-state index contributed by atoms with van der Waals surface area (Å²) >= 11 is 0. The predicted octanol–water partition coefficient (Wildman–Crippen LogP) is 2.18. The largest absolute Gasteiger partial charge is 0.303 e. The average molecular weight is 150 g/mol. The Kier molecular flexibility index (Phi) is 1.80. The smallest absolute Gasteiger partial charge is 0.123 e. The molecule has 0 unspecified atom stereocenters. The molecule has 0 radical (unpaired) electrons. The van der Waals surface area contributed by atoms with Crippen LogP contribution in [0.25, 0.3) is 0 Å². The lowest BCUT2D eigenvalue weighted by Gasteiger charge is -2.25. The standard InChI is InChI=1S/C10H14O/c11-7-9-5-1-3-8-4-2-6-10(8)9/h1,3,7-10H,2,4-6H2/t8-,9+,10-/m1/s1. The minimum Gasteiger partial charge on any atom is -0.303 e. The van der Waals surface area contributed by atoms with Crippen molar-refractivity contribution in [2.24, 2.45) is 17.8 Å². The van der Waals surface area contributed by atoms with Crippen LogP contribution in [0.2, 0.25) is 0 Å². The molecule has 3 atom stereocenters. The third-order valence-corrected chi connectivity index (χ3v) is 3.14. The van der Waals surface area contributed by atoms with Gasteiger partial charge in [0.2, 0.25) is 0 Å². The highest BCUT2D eigenvalue weighted by Gasteiger charge is 2.33. The van der Waals surface area contributed by atoms with Gasteiger partial charge < -0.3 is 4.79 Å². The molecule has 0 amide bonds. The second kappa shape index (κ2) is 2.80. The van der Waals surface area contributed by atoms with Crippen LogP contribution in [0.5, 0.6) is 0 Å². The van der Waals surface area contributed by atoms with E-state index >= 15 is 0 Å². The molecule has 2 rings (SSSR count). The van der Waals surface area contributed by atoms with Crippen molar-refractivity contribution in [3.63, 3.8) is 0 Å². The molecular formula is C10H14O. The molecule has 1 saturated carbocycles. The van der Waals surface area contributed by atoms with Crippen molar-refractivity contribution in [1.82, 2.24) is 0 Å². The van der Waals surface area contributed by atoms with Crippen LogP contribution < -0.4 is 0 Å². The van der Waals surface area contributed by atoms with Gasteiger partial charge in [-0.05, 0) is 31.1 Å². The Labute approximate surface area is 67.5 Å². The van der Waals surface area contributed by atoms with Crippen molar-refractivity contribution in [2.75, 3.05) is 0 Å². The molecule has 1 heteroatoms. The van der Waals surface area contributed by atoms with E-state index in [1.54, 1.807) is 0 Å². The highest BCUT2D eigenvalue weighted by molar-refractivity contribution is 5.55. The molecule has 60 valence electrons. The lowest BCUT2D eigenvalue weighted by molar-refractivity contribution is -0.112. The monoisotopic (exact) mass is 150 g/mol. The van der Waals surface area contributed by atoms with Crippen LogP contribution >= 0.6 is 0 Å². The summed E-state index contributed by atoms with van der Waals surface area (Å²) in [5.74, 6) is 1.77. The van der Waals surface area contributed by atoms with Gasteiger partial charge in [0, 0.05) is 5.92 Å². The van der Waals surface area contributed by atoms with Gasteiger partial charge in [0.25, 0.3) is 0 Å². The molecule has 2 aliphatic carbocycles. The SMILES string of the molecule is O=C[C@@H]1CC=C[C@@H]2CCC[C@@H]12. The first-order chi connectivity index (χ1) is 5.42. The quantitative estimate of drug-likeness (QED) is 0.413. The number of rotatable bonds is 1. The normalized spacial score (nSPS) is 42.0. The van der Waals surface area contributed by atoms with Crippen LogP contribution in [0.15, 0.2) is 12.2 Å². The van der Waals surface area contributed by atoms with E-state index in [2.05, 4.69) is 12.2 Å². The topological polar surface area (TPSA) is 17.1 Å².